The molecule has 7 nitrogen and oxygen atoms in total. The average molecular weight is 362 g/mol. The molecule has 2 rings (SSSR count). The number of methoxy groups -OCH3 is 1. The standard InChI is InChI=1S/C19H30N4O3/c1-14(26-17-8-5-4-7-16(17)25-3)13-22-19(20-2)21-12-6-9-18(24)23-15-10-11-15/h4-5,7-8,14-15H,6,9-13H2,1-3H3,(H,23,24)(H2,20,21,22). The number of amides is 1. The average Bonchev–Trinajstić information content (AvgIpc) is 3.45. The molecule has 1 unspecified atom stereocenters. The summed E-state index contributed by atoms with van der Waals surface area (Å²) >= 11 is 0. The van der Waals surface area contributed by atoms with Crippen molar-refractivity contribution in [3.63, 3.8) is 0 Å². The molecule has 0 bridgehead atoms. The van der Waals surface area contributed by atoms with Crippen LogP contribution in [0, 0.1) is 0 Å². The molecule has 26 heavy (non-hydrogen) atoms. The van der Waals surface area contributed by atoms with E-state index >= 15 is 0 Å². The number of nitrogens with one attached hydrogen (secondary N) is 3. The fraction of sp³-hybridized carbons (Fsp3) is 0.579. The summed E-state index contributed by atoms with van der Waals surface area (Å²) in [6.07, 6.45) is 3.49. The fourth-order valence-electron chi connectivity index (χ4n) is 2.42. The highest BCUT2D eigenvalue weighted by Crippen LogP contribution is 2.26. The van der Waals surface area contributed by atoms with Gasteiger partial charge in [0.25, 0.3) is 0 Å². The maximum absolute atomic E-state index is 11.6. The van der Waals surface area contributed by atoms with Crippen LogP contribution >= 0.6 is 0 Å². The van der Waals surface area contributed by atoms with Crippen LogP contribution in [0.1, 0.15) is 32.6 Å². The van der Waals surface area contributed by atoms with Gasteiger partial charge >= 0.3 is 0 Å². The highest BCUT2D eigenvalue weighted by molar-refractivity contribution is 5.80. The minimum Gasteiger partial charge on any atom is -0.493 e. The summed E-state index contributed by atoms with van der Waals surface area (Å²) in [4.78, 5) is 15.8. The van der Waals surface area contributed by atoms with Gasteiger partial charge in [-0.2, -0.15) is 0 Å². The Balaban J connectivity index is 1.63. The number of ether oxygens (including phenoxy) is 2. The van der Waals surface area contributed by atoms with E-state index < -0.39 is 0 Å². The number of rotatable bonds is 10. The Morgan fingerprint density at radius 3 is 2.65 bits per heavy atom. The molecule has 1 fully saturated rings. The van der Waals surface area contributed by atoms with E-state index in [9.17, 15) is 4.79 Å². The Hall–Kier alpha value is -2.44. The van der Waals surface area contributed by atoms with E-state index in [-0.39, 0.29) is 12.0 Å². The Bertz CT molecular complexity index is 602. The first kappa shape index (κ1) is 19.9. The van der Waals surface area contributed by atoms with E-state index in [0.717, 1.165) is 19.3 Å². The Kier molecular flexibility index (Phi) is 8.05. The maximum atomic E-state index is 11.6. The van der Waals surface area contributed by atoms with Crippen molar-refractivity contribution in [1.82, 2.24) is 16.0 Å². The molecule has 1 amide bonds. The molecular formula is C19H30N4O3. The third-order valence-electron chi connectivity index (χ3n) is 3.99. The third kappa shape index (κ3) is 7.21. The van der Waals surface area contributed by atoms with Crippen LogP contribution in [0.3, 0.4) is 0 Å². The van der Waals surface area contributed by atoms with Crippen LogP contribution < -0.4 is 25.4 Å². The van der Waals surface area contributed by atoms with Gasteiger partial charge in [-0.05, 0) is 38.3 Å². The van der Waals surface area contributed by atoms with Crippen LogP contribution in [-0.2, 0) is 4.79 Å². The highest BCUT2D eigenvalue weighted by atomic mass is 16.5. The number of carbonyl (C=O) groups excluding carboxylic acids is 1. The second-order valence-electron chi connectivity index (χ2n) is 6.40. The molecule has 0 heterocycles. The predicted octanol–water partition coefficient (Wildman–Crippen LogP) is 1.69. The van der Waals surface area contributed by atoms with Crippen molar-refractivity contribution in [3.8, 4) is 11.5 Å². The number of benzene rings is 1. The summed E-state index contributed by atoms with van der Waals surface area (Å²) in [5.41, 5.74) is 0. The topological polar surface area (TPSA) is 84.0 Å². The summed E-state index contributed by atoms with van der Waals surface area (Å²) in [5.74, 6) is 2.26. The van der Waals surface area contributed by atoms with Gasteiger partial charge < -0.3 is 25.4 Å². The van der Waals surface area contributed by atoms with Gasteiger partial charge in [-0.15, -0.1) is 0 Å². The minimum atomic E-state index is -0.0610. The maximum Gasteiger partial charge on any atom is 0.220 e. The Labute approximate surface area is 155 Å². The van der Waals surface area contributed by atoms with Crippen molar-refractivity contribution < 1.29 is 14.3 Å². The van der Waals surface area contributed by atoms with Crippen LogP contribution in [0.15, 0.2) is 29.3 Å². The lowest BCUT2D eigenvalue weighted by atomic mass is 10.3. The molecule has 1 saturated carbocycles. The van der Waals surface area contributed by atoms with E-state index in [2.05, 4.69) is 20.9 Å². The second kappa shape index (κ2) is 10.5. The molecule has 7 heteroatoms. The summed E-state index contributed by atoms with van der Waals surface area (Å²) in [5, 5.41) is 9.43. The van der Waals surface area contributed by atoms with Crippen LogP contribution in [0.5, 0.6) is 11.5 Å². The SMILES string of the molecule is CN=C(NCCCC(=O)NC1CC1)NCC(C)Oc1ccccc1OC. The van der Waals surface area contributed by atoms with Crippen molar-refractivity contribution in [3.05, 3.63) is 24.3 Å². The predicted molar refractivity (Wildman–Crippen MR) is 103 cm³/mol. The van der Waals surface area contributed by atoms with Crippen molar-refractivity contribution in [1.29, 1.82) is 0 Å². The number of hydrogen-bond donors (Lipinski definition) is 3. The van der Waals surface area contributed by atoms with E-state index in [1.54, 1.807) is 14.2 Å². The van der Waals surface area contributed by atoms with Crippen molar-refractivity contribution in [2.75, 3.05) is 27.2 Å². The summed E-state index contributed by atoms with van der Waals surface area (Å²) in [6, 6.07) is 8.00. The van der Waals surface area contributed by atoms with Gasteiger partial charge in [-0.1, -0.05) is 12.1 Å². The zero-order valence-corrected chi connectivity index (χ0v) is 15.9. The van der Waals surface area contributed by atoms with Gasteiger partial charge in [0, 0.05) is 26.1 Å². The monoisotopic (exact) mass is 362 g/mol. The Morgan fingerprint density at radius 2 is 2.00 bits per heavy atom. The molecule has 0 spiro atoms. The molecule has 1 aromatic rings. The number of aliphatic imine (C=N–C) groups is 1. The summed E-state index contributed by atoms with van der Waals surface area (Å²) < 4.78 is 11.2. The number of carbonyl (C=O) groups is 1. The van der Waals surface area contributed by atoms with Gasteiger partial charge in [-0.3, -0.25) is 9.79 Å². The van der Waals surface area contributed by atoms with Gasteiger partial charge in [0.05, 0.1) is 13.7 Å². The molecule has 0 aromatic heterocycles. The van der Waals surface area contributed by atoms with E-state index in [1.165, 1.54) is 0 Å². The second-order valence-corrected chi connectivity index (χ2v) is 6.40. The number of guanidine groups is 1. The minimum absolute atomic E-state index is 0.0610. The summed E-state index contributed by atoms with van der Waals surface area (Å²) in [7, 11) is 3.35. The first-order valence-corrected chi connectivity index (χ1v) is 9.16. The fourth-order valence-corrected chi connectivity index (χ4v) is 2.42. The van der Waals surface area contributed by atoms with Crippen LogP contribution in [0.2, 0.25) is 0 Å². The molecule has 144 valence electrons. The Morgan fingerprint density at radius 1 is 1.27 bits per heavy atom. The molecule has 1 atom stereocenters. The molecule has 0 radical (unpaired) electrons. The number of nitrogens with zero attached hydrogens (tertiary/aromatic N) is 1. The lowest BCUT2D eigenvalue weighted by molar-refractivity contribution is -0.121. The smallest absolute Gasteiger partial charge is 0.220 e. The van der Waals surface area contributed by atoms with Crippen LogP contribution in [0.25, 0.3) is 0 Å². The van der Waals surface area contributed by atoms with Gasteiger partial charge in [0.2, 0.25) is 5.91 Å². The largest absolute Gasteiger partial charge is 0.493 e. The van der Waals surface area contributed by atoms with E-state index in [1.807, 2.05) is 31.2 Å². The lowest BCUT2D eigenvalue weighted by Gasteiger charge is -2.19. The van der Waals surface area contributed by atoms with Crippen molar-refractivity contribution >= 4 is 11.9 Å². The normalized spacial score (nSPS) is 15.1. The van der Waals surface area contributed by atoms with Crippen molar-refractivity contribution in [2.24, 2.45) is 4.99 Å². The zero-order valence-electron chi connectivity index (χ0n) is 15.9. The van der Waals surface area contributed by atoms with Crippen molar-refractivity contribution in [2.45, 2.75) is 44.8 Å². The molecular weight excluding hydrogens is 332 g/mol. The van der Waals surface area contributed by atoms with Gasteiger partial charge in [0.15, 0.2) is 17.5 Å². The molecule has 1 aliphatic carbocycles. The highest BCUT2D eigenvalue weighted by Gasteiger charge is 2.22. The first-order valence-electron chi connectivity index (χ1n) is 9.16. The molecule has 1 aliphatic rings. The van der Waals surface area contributed by atoms with Crippen LogP contribution in [-0.4, -0.2) is 51.3 Å². The molecule has 3 N–H and O–H groups in total. The van der Waals surface area contributed by atoms with E-state index in [4.69, 9.17) is 9.47 Å². The molecule has 1 aromatic carbocycles. The number of hydrogen-bond acceptors (Lipinski definition) is 4. The third-order valence-corrected chi connectivity index (χ3v) is 3.99. The van der Waals surface area contributed by atoms with Gasteiger partial charge in [0.1, 0.15) is 6.10 Å². The van der Waals surface area contributed by atoms with Gasteiger partial charge in [-0.25, -0.2) is 0 Å². The number of para-hydroxylation sites is 2. The first-order chi connectivity index (χ1) is 12.6. The quantitative estimate of drug-likeness (QED) is 0.335. The van der Waals surface area contributed by atoms with Crippen LogP contribution in [0.4, 0.5) is 0 Å². The molecule has 0 aliphatic heterocycles. The van der Waals surface area contributed by atoms with E-state index in [0.29, 0.717) is 43.0 Å². The zero-order chi connectivity index (χ0) is 18.8. The molecule has 0 saturated heterocycles. The summed E-state index contributed by atoms with van der Waals surface area (Å²) in [6.45, 7) is 3.27. The lowest BCUT2D eigenvalue weighted by Crippen LogP contribution is -2.42.